The summed E-state index contributed by atoms with van der Waals surface area (Å²) in [6.07, 6.45) is 2.99. The molecule has 0 spiro atoms. The number of nitriles is 1. The molecule has 0 amide bonds. The van der Waals surface area contributed by atoms with Crippen LogP contribution in [0.4, 0.5) is 5.82 Å². The number of aromatic nitrogens is 1. The predicted octanol–water partition coefficient (Wildman–Crippen LogP) is 3.56. The minimum atomic E-state index is -0.465. The minimum absolute atomic E-state index is 0.228. The van der Waals surface area contributed by atoms with Gasteiger partial charge in [-0.2, -0.15) is 5.26 Å². The zero-order chi connectivity index (χ0) is 16.2. The first-order valence-electron chi connectivity index (χ1n) is 7.72. The number of aliphatic hydroxyl groups is 1. The molecule has 0 aliphatic carbocycles. The largest absolute Gasteiger partial charge is 0.388 e. The van der Waals surface area contributed by atoms with E-state index in [9.17, 15) is 5.11 Å². The van der Waals surface area contributed by atoms with Crippen molar-refractivity contribution in [1.29, 1.82) is 5.26 Å². The molecule has 118 valence electrons. The number of hydrogen-bond acceptors (Lipinski definition) is 4. The van der Waals surface area contributed by atoms with Gasteiger partial charge in [0.05, 0.1) is 17.7 Å². The molecular weight excluding hydrogens is 310 g/mol. The number of benzene rings is 1. The lowest BCUT2D eigenvalue weighted by Gasteiger charge is -2.35. The van der Waals surface area contributed by atoms with Gasteiger partial charge in [0, 0.05) is 24.3 Å². The Labute approximate surface area is 141 Å². The van der Waals surface area contributed by atoms with E-state index >= 15 is 0 Å². The number of nitrogens with zero attached hydrogens (tertiary/aromatic N) is 3. The summed E-state index contributed by atoms with van der Waals surface area (Å²) < 4.78 is 0. The molecule has 1 aliphatic heterocycles. The van der Waals surface area contributed by atoms with Crippen LogP contribution < -0.4 is 4.90 Å². The van der Waals surface area contributed by atoms with E-state index in [4.69, 9.17) is 16.9 Å². The summed E-state index contributed by atoms with van der Waals surface area (Å²) in [7, 11) is 0. The van der Waals surface area contributed by atoms with Crippen LogP contribution in [0.25, 0.3) is 0 Å². The molecule has 0 bridgehead atoms. The van der Waals surface area contributed by atoms with Gasteiger partial charge in [0.1, 0.15) is 5.82 Å². The van der Waals surface area contributed by atoms with Crippen LogP contribution in [0.15, 0.2) is 42.6 Å². The van der Waals surface area contributed by atoms with E-state index in [-0.39, 0.29) is 5.92 Å². The van der Waals surface area contributed by atoms with Crippen molar-refractivity contribution in [3.05, 3.63) is 58.7 Å². The second-order valence-corrected chi connectivity index (χ2v) is 6.27. The minimum Gasteiger partial charge on any atom is -0.388 e. The average molecular weight is 328 g/mol. The SMILES string of the molecule is N#Cc1ccnc(N2CCC(C(O)c3ccc(Cl)cc3)CC2)c1. The summed E-state index contributed by atoms with van der Waals surface area (Å²) in [6, 6.07) is 13.1. The summed E-state index contributed by atoms with van der Waals surface area (Å²) in [5, 5.41) is 20.2. The molecule has 1 N–H and O–H groups in total. The molecule has 2 heterocycles. The van der Waals surface area contributed by atoms with E-state index in [0.29, 0.717) is 10.6 Å². The van der Waals surface area contributed by atoms with Gasteiger partial charge in [-0.25, -0.2) is 4.98 Å². The molecule has 2 aromatic rings. The number of anilines is 1. The van der Waals surface area contributed by atoms with Crippen LogP contribution in [-0.2, 0) is 0 Å². The molecule has 3 rings (SSSR count). The second kappa shape index (κ2) is 6.99. The molecule has 0 radical (unpaired) electrons. The Morgan fingerprint density at radius 1 is 1.22 bits per heavy atom. The molecule has 1 fully saturated rings. The summed E-state index contributed by atoms with van der Waals surface area (Å²) in [5.41, 5.74) is 1.54. The fourth-order valence-electron chi connectivity index (χ4n) is 3.04. The highest BCUT2D eigenvalue weighted by atomic mass is 35.5. The van der Waals surface area contributed by atoms with Crippen molar-refractivity contribution in [2.75, 3.05) is 18.0 Å². The highest BCUT2D eigenvalue weighted by molar-refractivity contribution is 6.30. The number of piperidine rings is 1. The molecule has 5 heteroatoms. The maximum Gasteiger partial charge on any atom is 0.129 e. The highest BCUT2D eigenvalue weighted by Crippen LogP contribution is 2.32. The maximum absolute atomic E-state index is 10.6. The van der Waals surface area contributed by atoms with Crippen molar-refractivity contribution < 1.29 is 5.11 Å². The van der Waals surface area contributed by atoms with E-state index in [2.05, 4.69) is 16.0 Å². The zero-order valence-electron chi connectivity index (χ0n) is 12.7. The Hall–Kier alpha value is -2.09. The van der Waals surface area contributed by atoms with E-state index in [1.54, 1.807) is 12.3 Å². The highest BCUT2D eigenvalue weighted by Gasteiger charge is 2.26. The number of aliphatic hydroxyl groups excluding tert-OH is 1. The van der Waals surface area contributed by atoms with Crippen LogP contribution >= 0.6 is 11.6 Å². The Morgan fingerprint density at radius 3 is 2.57 bits per heavy atom. The lowest BCUT2D eigenvalue weighted by Crippen LogP contribution is -2.36. The van der Waals surface area contributed by atoms with E-state index in [1.165, 1.54) is 0 Å². The van der Waals surface area contributed by atoms with Gasteiger partial charge in [0.25, 0.3) is 0 Å². The summed E-state index contributed by atoms with van der Waals surface area (Å²) >= 11 is 5.90. The van der Waals surface area contributed by atoms with Crippen LogP contribution in [0.2, 0.25) is 5.02 Å². The quantitative estimate of drug-likeness (QED) is 0.936. The summed E-state index contributed by atoms with van der Waals surface area (Å²) in [4.78, 5) is 6.52. The Morgan fingerprint density at radius 2 is 1.91 bits per heavy atom. The van der Waals surface area contributed by atoms with Crippen molar-refractivity contribution in [2.24, 2.45) is 5.92 Å². The number of halogens is 1. The first-order chi connectivity index (χ1) is 11.2. The van der Waals surface area contributed by atoms with E-state index < -0.39 is 6.10 Å². The van der Waals surface area contributed by atoms with Gasteiger partial charge in [0.15, 0.2) is 0 Å². The summed E-state index contributed by atoms with van der Waals surface area (Å²) in [5.74, 6) is 1.06. The Bertz CT molecular complexity index is 703. The van der Waals surface area contributed by atoms with Crippen molar-refractivity contribution in [3.63, 3.8) is 0 Å². The summed E-state index contributed by atoms with van der Waals surface area (Å²) in [6.45, 7) is 1.66. The molecular formula is C18H18ClN3O. The van der Waals surface area contributed by atoms with Gasteiger partial charge >= 0.3 is 0 Å². The van der Waals surface area contributed by atoms with Gasteiger partial charge in [-0.15, -0.1) is 0 Å². The molecule has 0 saturated carbocycles. The fraction of sp³-hybridized carbons (Fsp3) is 0.333. The first kappa shape index (κ1) is 15.8. The number of hydrogen-bond donors (Lipinski definition) is 1. The van der Waals surface area contributed by atoms with Gasteiger partial charge in [-0.05, 0) is 48.6 Å². The van der Waals surface area contributed by atoms with Crippen LogP contribution in [-0.4, -0.2) is 23.2 Å². The van der Waals surface area contributed by atoms with Crippen LogP contribution in [0.3, 0.4) is 0 Å². The Kier molecular flexibility index (Phi) is 4.80. The lowest BCUT2D eigenvalue weighted by molar-refractivity contribution is 0.0929. The van der Waals surface area contributed by atoms with Gasteiger partial charge < -0.3 is 10.0 Å². The van der Waals surface area contributed by atoms with Crippen LogP contribution in [0, 0.1) is 17.2 Å². The van der Waals surface area contributed by atoms with E-state index in [1.807, 2.05) is 30.3 Å². The average Bonchev–Trinajstić information content (AvgIpc) is 2.62. The van der Waals surface area contributed by atoms with Gasteiger partial charge in [-0.3, -0.25) is 0 Å². The monoisotopic (exact) mass is 327 g/mol. The number of pyridine rings is 1. The lowest BCUT2D eigenvalue weighted by atomic mass is 9.87. The standard InChI is InChI=1S/C18H18ClN3O/c19-16-3-1-14(2-4-16)18(23)15-6-9-22(10-7-15)17-11-13(12-20)5-8-21-17/h1-5,8,11,15,18,23H,6-7,9-10H2. The molecule has 1 unspecified atom stereocenters. The van der Waals surface area contributed by atoms with Crippen LogP contribution in [0.5, 0.6) is 0 Å². The molecule has 1 saturated heterocycles. The van der Waals surface area contributed by atoms with Crippen molar-refractivity contribution >= 4 is 17.4 Å². The van der Waals surface area contributed by atoms with E-state index in [0.717, 1.165) is 37.3 Å². The second-order valence-electron chi connectivity index (χ2n) is 5.84. The molecule has 1 aromatic heterocycles. The molecule has 1 atom stereocenters. The fourth-order valence-corrected chi connectivity index (χ4v) is 3.16. The number of rotatable bonds is 3. The van der Waals surface area contributed by atoms with Gasteiger partial charge in [0.2, 0.25) is 0 Å². The van der Waals surface area contributed by atoms with Gasteiger partial charge in [-0.1, -0.05) is 23.7 Å². The van der Waals surface area contributed by atoms with Crippen molar-refractivity contribution in [2.45, 2.75) is 18.9 Å². The third-order valence-corrected chi connectivity index (χ3v) is 4.65. The topological polar surface area (TPSA) is 60.2 Å². The predicted molar refractivity (Wildman–Crippen MR) is 90.3 cm³/mol. The smallest absolute Gasteiger partial charge is 0.129 e. The maximum atomic E-state index is 10.6. The first-order valence-corrected chi connectivity index (χ1v) is 8.10. The van der Waals surface area contributed by atoms with Crippen molar-refractivity contribution in [1.82, 2.24) is 4.98 Å². The molecule has 1 aromatic carbocycles. The molecule has 4 nitrogen and oxygen atoms in total. The Balaban J connectivity index is 1.63. The molecule has 1 aliphatic rings. The van der Waals surface area contributed by atoms with Crippen molar-refractivity contribution in [3.8, 4) is 6.07 Å². The third-order valence-electron chi connectivity index (χ3n) is 4.40. The normalized spacial score (nSPS) is 16.8. The van der Waals surface area contributed by atoms with Crippen LogP contribution in [0.1, 0.15) is 30.1 Å². The zero-order valence-corrected chi connectivity index (χ0v) is 13.4. The third kappa shape index (κ3) is 3.64. The molecule has 23 heavy (non-hydrogen) atoms.